The number of nitrogens with two attached hydrogens (primary N) is 1. The molecule has 6 heteroatoms. The molecule has 0 amide bonds. The van der Waals surface area contributed by atoms with Crippen LogP contribution in [-0.2, 0) is 0 Å². The molecule has 0 fully saturated rings. The molecule has 0 rings (SSSR count). The van der Waals surface area contributed by atoms with Crippen molar-refractivity contribution in [3.05, 3.63) is 0 Å². The van der Waals surface area contributed by atoms with E-state index in [-0.39, 0.29) is 0 Å². The molecule has 0 bridgehead atoms. The zero-order valence-electron chi connectivity index (χ0n) is 6.54. The molecule has 0 aliphatic carbocycles. The maximum atomic E-state index is 9.08. The van der Waals surface area contributed by atoms with Gasteiger partial charge in [-0.3, -0.25) is 0 Å². The fraction of sp³-hybridized carbons (Fsp3) is 1.00. The smallest absolute Gasteiger partial charge is 0.104 e. The lowest BCUT2D eigenvalue weighted by Crippen LogP contribution is -2.52. The number of hydrogen-bond acceptors (Lipinski definition) is 6. The molecule has 0 aromatic heterocycles. The summed E-state index contributed by atoms with van der Waals surface area (Å²) in [6.45, 7) is -1.25. The normalized spacial score (nSPS) is 21.5. The maximum Gasteiger partial charge on any atom is 0.104 e. The van der Waals surface area contributed by atoms with Gasteiger partial charge in [-0.25, -0.2) is 0 Å². The van der Waals surface area contributed by atoms with Crippen molar-refractivity contribution < 1.29 is 25.5 Å². The predicted octanol–water partition coefficient (Wildman–Crippen LogP) is -3.62. The molecule has 6 nitrogen and oxygen atoms in total. The largest absolute Gasteiger partial charge is 0.394 e. The summed E-state index contributed by atoms with van der Waals surface area (Å²) >= 11 is 0. The summed E-state index contributed by atoms with van der Waals surface area (Å²) in [6, 6.07) is -1.17. The first-order valence-corrected chi connectivity index (χ1v) is 3.56. The van der Waals surface area contributed by atoms with Crippen molar-refractivity contribution in [1.82, 2.24) is 0 Å². The Balaban J connectivity index is 3.99. The molecule has 0 spiro atoms. The number of aliphatic hydroxyl groups is 5. The van der Waals surface area contributed by atoms with E-state index < -0.39 is 37.6 Å². The van der Waals surface area contributed by atoms with Crippen LogP contribution in [0.3, 0.4) is 0 Å². The molecule has 74 valence electrons. The summed E-state index contributed by atoms with van der Waals surface area (Å²) < 4.78 is 0. The van der Waals surface area contributed by atoms with Gasteiger partial charge >= 0.3 is 0 Å². The van der Waals surface area contributed by atoms with E-state index in [0.29, 0.717) is 0 Å². The Bertz CT molecular complexity index is 109. The third kappa shape index (κ3) is 3.02. The fourth-order valence-electron chi connectivity index (χ4n) is 0.714. The molecule has 0 aliphatic heterocycles. The van der Waals surface area contributed by atoms with E-state index in [1.54, 1.807) is 0 Å². The molecule has 0 radical (unpaired) electrons. The van der Waals surface area contributed by atoms with Crippen LogP contribution in [-0.4, -0.2) is 63.1 Å². The Hall–Kier alpha value is -0.240. The van der Waals surface area contributed by atoms with Gasteiger partial charge in [0.25, 0.3) is 0 Å². The van der Waals surface area contributed by atoms with Crippen LogP contribution in [0.2, 0.25) is 0 Å². The summed E-state index contributed by atoms with van der Waals surface area (Å²) in [5.74, 6) is 0. The van der Waals surface area contributed by atoms with Gasteiger partial charge in [-0.05, 0) is 0 Å². The highest BCUT2D eigenvalue weighted by atomic mass is 16.4. The monoisotopic (exact) mass is 181 g/mol. The van der Waals surface area contributed by atoms with Crippen LogP contribution < -0.4 is 5.73 Å². The van der Waals surface area contributed by atoms with Crippen molar-refractivity contribution in [2.45, 2.75) is 24.4 Å². The number of rotatable bonds is 5. The molecule has 0 saturated heterocycles. The average molecular weight is 181 g/mol. The van der Waals surface area contributed by atoms with E-state index in [1.807, 2.05) is 0 Å². The molecule has 0 saturated carbocycles. The van der Waals surface area contributed by atoms with Gasteiger partial charge < -0.3 is 31.3 Å². The third-order valence-electron chi connectivity index (χ3n) is 1.61. The molecule has 0 aromatic carbocycles. The van der Waals surface area contributed by atoms with Crippen LogP contribution in [0, 0.1) is 0 Å². The first-order chi connectivity index (χ1) is 5.54. The van der Waals surface area contributed by atoms with Crippen LogP contribution in [0.5, 0.6) is 0 Å². The van der Waals surface area contributed by atoms with Gasteiger partial charge in [0.1, 0.15) is 6.10 Å². The molecule has 7 N–H and O–H groups in total. The van der Waals surface area contributed by atoms with E-state index in [1.165, 1.54) is 0 Å². The molecule has 0 aliphatic rings. The van der Waals surface area contributed by atoms with Gasteiger partial charge in [-0.2, -0.15) is 0 Å². The molecule has 12 heavy (non-hydrogen) atoms. The first kappa shape index (κ1) is 11.8. The molecule has 0 unspecified atom stereocenters. The van der Waals surface area contributed by atoms with Crippen molar-refractivity contribution in [3.8, 4) is 0 Å². The van der Waals surface area contributed by atoms with E-state index in [9.17, 15) is 0 Å². The van der Waals surface area contributed by atoms with Crippen molar-refractivity contribution in [2.24, 2.45) is 5.73 Å². The summed E-state index contributed by atoms with van der Waals surface area (Å²) in [6.07, 6.45) is -4.15. The Morgan fingerprint density at radius 2 is 1.33 bits per heavy atom. The summed E-state index contributed by atoms with van der Waals surface area (Å²) in [5.41, 5.74) is 5.22. The van der Waals surface area contributed by atoms with E-state index in [0.717, 1.165) is 0 Å². The van der Waals surface area contributed by atoms with Crippen LogP contribution >= 0.6 is 0 Å². The zero-order chi connectivity index (χ0) is 9.72. The lowest BCUT2D eigenvalue weighted by molar-refractivity contribution is -0.0568. The molecule has 4 atom stereocenters. The standard InChI is InChI=1S/C6H15NO5/c7-5(3(10)1-8)6(12)4(11)2-9/h3-6,8-12H,1-2,7H2/t3-,4+,5+,6-/m1/s1. The first-order valence-electron chi connectivity index (χ1n) is 3.56. The minimum absolute atomic E-state index is 0.601. The van der Waals surface area contributed by atoms with Crippen LogP contribution in [0.15, 0.2) is 0 Å². The van der Waals surface area contributed by atoms with Gasteiger partial charge in [0.05, 0.1) is 31.5 Å². The topological polar surface area (TPSA) is 127 Å². The lowest BCUT2D eigenvalue weighted by Gasteiger charge is -2.25. The molecule has 0 heterocycles. The van der Waals surface area contributed by atoms with Crippen LogP contribution in [0.4, 0.5) is 0 Å². The zero-order valence-corrected chi connectivity index (χ0v) is 6.54. The highest BCUT2D eigenvalue weighted by molar-refractivity contribution is 4.83. The van der Waals surface area contributed by atoms with Gasteiger partial charge in [0.2, 0.25) is 0 Å². The fourth-order valence-corrected chi connectivity index (χ4v) is 0.714. The second-order valence-electron chi connectivity index (χ2n) is 2.57. The Labute approximate surface area is 69.9 Å². The van der Waals surface area contributed by atoms with E-state index in [4.69, 9.17) is 31.3 Å². The quantitative estimate of drug-likeness (QED) is 0.260. The van der Waals surface area contributed by atoms with Crippen LogP contribution in [0.1, 0.15) is 0 Å². The second kappa shape index (κ2) is 5.41. The summed E-state index contributed by atoms with van der Waals surface area (Å²) in [7, 11) is 0. The SMILES string of the molecule is N[C@H]([C@H](O)[C@@H](O)CO)[C@H](O)CO. The Morgan fingerprint density at radius 3 is 1.67 bits per heavy atom. The lowest BCUT2D eigenvalue weighted by atomic mass is 10.0. The van der Waals surface area contributed by atoms with E-state index in [2.05, 4.69) is 0 Å². The number of aliphatic hydroxyl groups excluding tert-OH is 5. The van der Waals surface area contributed by atoms with Gasteiger partial charge in [0.15, 0.2) is 0 Å². The Kier molecular flexibility index (Phi) is 5.31. The van der Waals surface area contributed by atoms with E-state index >= 15 is 0 Å². The van der Waals surface area contributed by atoms with Crippen LogP contribution in [0.25, 0.3) is 0 Å². The molecule has 0 aromatic rings. The minimum Gasteiger partial charge on any atom is -0.394 e. The summed E-state index contributed by atoms with van der Waals surface area (Å²) in [4.78, 5) is 0. The third-order valence-corrected chi connectivity index (χ3v) is 1.61. The van der Waals surface area contributed by atoms with Crippen molar-refractivity contribution in [1.29, 1.82) is 0 Å². The average Bonchev–Trinajstić information content (AvgIpc) is 2.12. The highest BCUT2D eigenvalue weighted by Gasteiger charge is 2.27. The van der Waals surface area contributed by atoms with Gasteiger partial charge in [-0.15, -0.1) is 0 Å². The van der Waals surface area contributed by atoms with Crippen molar-refractivity contribution >= 4 is 0 Å². The molecular formula is C6H15NO5. The predicted molar refractivity (Wildman–Crippen MR) is 40.2 cm³/mol. The van der Waals surface area contributed by atoms with Crippen molar-refractivity contribution in [3.63, 3.8) is 0 Å². The van der Waals surface area contributed by atoms with Gasteiger partial charge in [0, 0.05) is 0 Å². The highest BCUT2D eigenvalue weighted by Crippen LogP contribution is 2.01. The maximum absolute atomic E-state index is 9.08. The van der Waals surface area contributed by atoms with Crippen molar-refractivity contribution in [2.75, 3.05) is 13.2 Å². The number of hydrogen-bond donors (Lipinski definition) is 6. The second-order valence-corrected chi connectivity index (χ2v) is 2.57. The summed E-state index contributed by atoms with van der Waals surface area (Å²) in [5, 5.41) is 43.7. The molecular weight excluding hydrogens is 166 g/mol. The Morgan fingerprint density at radius 1 is 0.917 bits per heavy atom. The minimum atomic E-state index is -1.45. The van der Waals surface area contributed by atoms with Gasteiger partial charge in [-0.1, -0.05) is 0 Å².